The number of benzene rings is 2. The summed E-state index contributed by atoms with van der Waals surface area (Å²) in [5.41, 5.74) is 3.79. The second-order valence-electron chi connectivity index (χ2n) is 5.03. The first-order valence-electron chi connectivity index (χ1n) is 6.61. The van der Waals surface area contributed by atoms with Crippen molar-refractivity contribution in [1.29, 1.82) is 0 Å². The van der Waals surface area contributed by atoms with Crippen LogP contribution < -0.4 is 0 Å². The zero-order chi connectivity index (χ0) is 15.3. The lowest BCUT2D eigenvalue weighted by atomic mass is 10.1. The molecule has 1 N–H and O–H groups in total. The molecule has 2 aromatic heterocycles. The van der Waals surface area contributed by atoms with Crippen LogP contribution in [0.3, 0.4) is 0 Å². The van der Waals surface area contributed by atoms with Crippen molar-refractivity contribution in [1.82, 2.24) is 9.55 Å². The highest BCUT2D eigenvalue weighted by Gasteiger charge is 2.13. The van der Waals surface area contributed by atoms with Gasteiger partial charge in [-0.05, 0) is 30.3 Å². The summed E-state index contributed by atoms with van der Waals surface area (Å²) < 4.78 is 12.2. The largest absolute Gasteiger partial charge is 0.441 e. The Kier molecular flexibility index (Phi) is 3.08. The molecule has 0 aliphatic heterocycles. The van der Waals surface area contributed by atoms with E-state index in [4.69, 9.17) is 9.67 Å². The second-order valence-corrected chi connectivity index (χ2v) is 5.81. The molecule has 0 saturated heterocycles. The molecule has 0 aliphatic carbocycles. The van der Waals surface area contributed by atoms with Crippen LogP contribution in [0.1, 0.15) is 5.89 Å². The summed E-state index contributed by atoms with van der Waals surface area (Å²) in [6.45, 7) is 1.84. The van der Waals surface area contributed by atoms with E-state index in [0.717, 1.165) is 49.8 Å². The van der Waals surface area contributed by atoms with E-state index < -0.39 is 0 Å². The summed E-state index contributed by atoms with van der Waals surface area (Å²) >= 11 is 0.944. The number of aromatic nitrogens is 2. The van der Waals surface area contributed by atoms with Crippen LogP contribution in [-0.2, 0) is 16.4 Å². The van der Waals surface area contributed by atoms with Crippen molar-refractivity contribution in [3.63, 3.8) is 0 Å². The van der Waals surface area contributed by atoms with Gasteiger partial charge in [0.15, 0.2) is 11.5 Å². The van der Waals surface area contributed by atoms with Gasteiger partial charge in [0.05, 0.1) is 17.6 Å². The smallest absolute Gasteiger partial charge is 0.192 e. The van der Waals surface area contributed by atoms with Gasteiger partial charge in [-0.3, -0.25) is 0 Å². The van der Waals surface area contributed by atoms with Crippen LogP contribution in [-0.4, -0.2) is 14.8 Å². The predicted octanol–water partition coefficient (Wildman–Crippen LogP) is 4.21. The molecule has 4 aromatic rings. The second kappa shape index (κ2) is 4.99. The van der Waals surface area contributed by atoms with Gasteiger partial charge in [-0.1, -0.05) is 5.04 Å². The molecule has 112 valence electrons. The van der Waals surface area contributed by atoms with Gasteiger partial charge >= 0.3 is 0 Å². The molecule has 2 heterocycles. The fourth-order valence-electron chi connectivity index (χ4n) is 2.83. The van der Waals surface area contributed by atoms with Crippen molar-refractivity contribution in [2.24, 2.45) is 7.05 Å². The lowest BCUT2D eigenvalue weighted by Gasteiger charge is -1.99. The Morgan fingerprint density at radius 2 is 2.00 bits per heavy atom. The molecule has 0 radical (unpaired) electrons. The van der Waals surface area contributed by atoms with Crippen LogP contribution in [0, 0.1) is 6.92 Å². The Labute approximate surface area is 129 Å². The number of aryl methyl sites for hydroxylation is 2. The maximum atomic E-state index is 8.27. The SMILES string of the molecule is Cc1nc2cc3c(cc2o1)c1cc(SOOO)ccc1n3C. The fraction of sp³-hybridized carbons (Fsp3) is 0.133. The van der Waals surface area contributed by atoms with Gasteiger partial charge in [0.2, 0.25) is 0 Å². The van der Waals surface area contributed by atoms with Crippen LogP contribution >= 0.6 is 12.0 Å². The van der Waals surface area contributed by atoms with Gasteiger partial charge in [-0.15, -0.1) is 4.33 Å². The molecule has 22 heavy (non-hydrogen) atoms. The number of oxazole rings is 1. The first-order chi connectivity index (χ1) is 10.7. The van der Waals surface area contributed by atoms with E-state index >= 15 is 0 Å². The Hall–Kier alpha value is -2.06. The number of hydrogen-bond acceptors (Lipinski definition) is 6. The van der Waals surface area contributed by atoms with Crippen LogP contribution in [0.5, 0.6) is 0 Å². The van der Waals surface area contributed by atoms with Crippen LogP contribution in [0.2, 0.25) is 0 Å². The van der Waals surface area contributed by atoms with Crippen LogP contribution in [0.4, 0.5) is 0 Å². The van der Waals surface area contributed by atoms with E-state index in [0.29, 0.717) is 5.89 Å². The molecule has 0 aliphatic rings. The van der Waals surface area contributed by atoms with Gasteiger partial charge in [0.25, 0.3) is 0 Å². The molecule has 0 unspecified atom stereocenters. The highest BCUT2D eigenvalue weighted by atomic mass is 32.2. The average Bonchev–Trinajstić information content (AvgIpc) is 3.01. The van der Waals surface area contributed by atoms with Crippen molar-refractivity contribution in [2.45, 2.75) is 11.8 Å². The average molecular weight is 316 g/mol. The minimum absolute atomic E-state index is 0.652. The molecule has 0 spiro atoms. The van der Waals surface area contributed by atoms with Crippen molar-refractivity contribution in [2.75, 3.05) is 0 Å². The van der Waals surface area contributed by atoms with E-state index in [9.17, 15) is 0 Å². The van der Waals surface area contributed by atoms with Crippen molar-refractivity contribution >= 4 is 44.9 Å². The van der Waals surface area contributed by atoms with E-state index in [1.807, 2.05) is 44.3 Å². The molecular weight excluding hydrogens is 304 g/mol. The van der Waals surface area contributed by atoms with E-state index in [-0.39, 0.29) is 0 Å². The van der Waals surface area contributed by atoms with Crippen LogP contribution in [0.15, 0.2) is 39.6 Å². The van der Waals surface area contributed by atoms with Gasteiger partial charge in [-0.2, -0.15) is 0 Å². The topological polar surface area (TPSA) is 69.7 Å². The van der Waals surface area contributed by atoms with E-state index in [2.05, 4.69) is 18.9 Å². The van der Waals surface area contributed by atoms with Crippen LogP contribution in [0.25, 0.3) is 32.9 Å². The monoisotopic (exact) mass is 316 g/mol. The third-order valence-electron chi connectivity index (χ3n) is 3.75. The van der Waals surface area contributed by atoms with Gasteiger partial charge < -0.3 is 8.98 Å². The number of rotatable bonds is 3. The number of hydrogen-bond donors (Lipinski definition) is 1. The van der Waals surface area contributed by atoms with Gasteiger partial charge in [0, 0.05) is 35.2 Å². The van der Waals surface area contributed by atoms with E-state index in [1.165, 1.54) is 0 Å². The predicted molar refractivity (Wildman–Crippen MR) is 83.4 cm³/mol. The summed E-state index contributed by atoms with van der Waals surface area (Å²) in [5, 5.41) is 14.1. The maximum absolute atomic E-state index is 8.27. The third-order valence-corrected chi connectivity index (χ3v) is 4.33. The standard InChI is InChI=1S/C15H12N2O4S/c1-8-16-12-7-14-11(6-15(12)19-8)10-5-9(22-21-20-18)3-4-13(10)17(14)2/h3-7,18H,1-2H3. The van der Waals surface area contributed by atoms with Crippen molar-refractivity contribution in [3.05, 3.63) is 36.2 Å². The summed E-state index contributed by atoms with van der Waals surface area (Å²) in [5.74, 6) is 0.652. The summed E-state index contributed by atoms with van der Waals surface area (Å²) in [6.07, 6.45) is 0. The molecule has 4 rings (SSSR count). The lowest BCUT2D eigenvalue weighted by Crippen LogP contribution is -1.86. The Morgan fingerprint density at radius 1 is 1.18 bits per heavy atom. The first-order valence-corrected chi connectivity index (χ1v) is 7.35. The van der Waals surface area contributed by atoms with Crippen molar-refractivity contribution in [3.8, 4) is 0 Å². The molecule has 0 fully saturated rings. The molecule has 0 saturated carbocycles. The van der Waals surface area contributed by atoms with E-state index in [1.54, 1.807) is 0 Å². The maximum Gasteiger partial charge on any atom is 0.192 e. The Morgan fingerprint density at radius 3 is 2.82 bits per heavy atom. The normalized spacial score (nSPS) is 12.0. The third kappa shape index (κ3) is 1.98. The fourth-order valence-corrected chi connectivity index (χ4v) is 3.23. The highest BCUT2D eigenvalue weighted by molar-refractivity contribution is 7.94. The molecule has 0 atom stereocenters. The molecule has 2 aromatic carbocycles. The van der Waals surface area contributed by atoms with Crippen molar-refractivity contribution < 1.29 is 19.0 Å². The summed E-state index contributed by atoms with van der Waals surface area (Å²) in [6, 6.07) is 9.92. The Bertz CT molecular complexity index is 1010. The molecular formula is C15H12N2O4S. The first kappa shape index (κ1) is 13.6. The summed E-state index contributed by atoms with van der Waals surface area (Å²) in [7, 11) is 2.02. The minimum Gasteiger partial charge on any atom is -0.441 e. The Balaban J connectivity index is 2.02. The number of fused-ring (bicyclic) bond motifs is 4. The zero-order valence-electron chi connectivity index (χ0n) is 11.9. The number of nitrogens with zero attached hydrogens (tertiary/aromatic N) is 2. The lowest BCUT2D eigenvalue weighted by molar-refractivity contribution is -0.432. The quantitative estimate of drug-likeness (QED) is 0.347. The molecule has 7 heteroatoms. The minimum atomic E-state index is 0.652. The van der Waals surface area contributed by atoms with Gasteiger partial charge in [-0.25, -0.2) is 10.2 Å². The molecule has 0 amide bonds. The molecule has 6 nitrogen and oxygen atoms in total. The molecule has 0 bridgehead atoms. The highest BCUT2D eigenvalue weighted by Crippen LogP contribution is 2.34. The van der Waals surface area contributed by atoms with Gasteiger partial charge in [0.1, 0.15) is 5.52 Å². The zero-order valence-corrected chi connectivity index (χ0v) is 12.7. The summed E-state index contributed by atoms with van der Waals surface area (Å²) in [4.78, 5) is 5.21.